The number of ether oxygens (including phenoxy) is 6. The molecule has 4 aliphatic heterocycles. The summed E-state index contributed by atoms with van der Waals surface area (Å²) in [7, 11) is 7.20. The number of likely N-dealkylation sites (tertiary alicyclic amines) is 1. The van der Waals surface area contributed by atoms with E-state index in [1.165, 1.54) is 14.0 Å². The normalized spacial score (nSPS) is 45.3. The molecule has 0 amide bonds. The van der Waals surface area contributed by atoms with Gasteiger partial charge in [-0.05, 0) is 120 Å². The highest BCUT2D eigenvalue weighted by atomic mass is 16.7. The number of hydrogen-bond donors (Lipinski definition) is 6. The molecule has 0 spiro atoms. The summed E-state index contributed by atoms with van der Waals surface area (Å²) in [4.78, 5) is 34.3. The number of aliphatic hydroxyl groups is 6. The predicted molar refractivity (Wildman–Crippen MR) is 257 cm³/mol. The number of ketones is 1. The second-order valence-electron chi connectivity index (χ2n) is 22.7. The van der Waals surface area contributed by atoms with E-state index in [0.717, 1.165) is 25.8 Å². The highest BCUT2D eigenvalue weighted by molar-refractivity contribution is 5.84. The Balaban J connectivity index is 1.73. The Bertz CT molecular complexity index is 1590. The SMILES string of the molecule is CCC[C@@H]1C[C@@H](C(=O)C[C@@H](CN(C)[C@H]2C[C@@H](C)O[C@@H](O[C@@H]3[C@@H](C)[C@H](O[C@H]4C[C@@](C)(OC)[C@@H](O)[C@H](C)O4)[C@@H](C)C(=O)O[C@H](CC)[C@@](C)(O)[C@@H](O)[C@@H](C)N(C)C[C@H](C)C[C@@]3(C)O)[C@@H]2O)[C@H](C)O)N(C)C1. The van der Waals surface area contributed by atoms with Crippen LogP contribution in [0.4, 0.5) is 0 Å². The lowest BCUT2D eigenvalue weighted by Gasteiger charge is -2.49. The van der Waals surface area contributed by atoms with Crippen molar-refractivity contribution >= 4 is 11.8 Å². The molecular weight excluding hydrogens is 879 g/mol. The largest absolute Gasteiger partial charge is 0.459 e. The minimum Gasteiger partial charge on any atom is -0.459 e. The number of rotatable bonds is 15. The van der Waals surface area contributed by atoms with Crippen molar-refractivity contribution in [1.29, 1.82) is 0 Å². The van der Waals surface area contributed by atoms with Crippen LogP contribution in [-0.2, 0) is 38.0 Å². The molecule has 0 aromatic carbocycles. The van der Waals surface area contributed by atoms with Crippen molar-refractivity contribution in [2.24, 2.45) is 29.6 Å². The molecule has 4 rings (SSSR count). The fourth-order valence-corrected chi connectivity index (χ4v) is 12.0. The lowest BCUT2D eigenvalue weighted by atomic mass is 9.77. The van der Waals surface area contributed by atoms with Gasteiger partial charge >= 0.3 is 5.97 Å². The fraction of sp³-hybridized carbons (Fsp3) is 0.961. The van der Waals surface area contributed by atoms with Crippen molar-refractivity contribution in [2.75, 3.05) is 47.9 Å². The van der Waals surface area contributed by atoms with Gasteiger partial charge in [-0.3, -0.25) is 14.5 Å². The number of carbonyl (C=O) groups excluding carboxylic acids is 2. The summed E-state index contributed by atoms with van der Waals surface area (Å²) < 4.78 is 38.3. The molecule has 0 unspecified atom stereocenters. The van der Waals surface area contributed by atoms with Crippen molar-refractivity contribution in [2.45, 2.75) is 237 Å². The zero-order valence-electron chi connectivity index (χ0n) is 44.5. The summed E-state index contributed by atoms with van der Waals surface area (Å²) in [5, 5.41) is 70.8. The van der Waals surface area contributed by atoms with E-state index < -0.39 is 120 Å². The molecule has 4 heterocycles. The molecule has 4 aliphatic rings. The van der Waals surface area contributed by atoms with Gasteiger partial charge < -0.3 is 68.9 Å². The van der Waals surface area contributed by atoms with Gasteiger partial charge in [0.15, 0.2) is 12.6 Å². The monoisotopic (exact) mass is 974 g/mol. The third-order valence-electron chi connectivity index (χ3n) is 16.5. The van der Waals surface area contributed by atoms with Crippen LogP contribution in [0.25, 0.3) is 0 Å². The molecule has 0 bridgehead atoms. The van der Waals surface area contributed by atoms with Gasteiger partial charge in [0.1, 0.15) is 35.8 Å². The summed E-state index contributed by atoms with van der Waals surface area (Å²) in [5.74, 6) is -2.66. The van der Waals surface area contributed by atoms with Crippen LogP contribution in [0.3, 0.4) is 0 Å². The first-order valence-electron chi connectivity index (χ1n) is 25.7. The Morgan fingerprint density at radius 2 is 1.57 bits per heavy atom. The third-order valence-corrected chi connectivity index (χ3v) is 16.5. The van der Waals surface area contributed by atoms with Crippen molar-refractivity contribution in [1.82, 2.24) is 14.7 Å². The van der Waals surface area contributed by atoms with Crippen molar-refractivity contribution < 1.29 is 68.6 Å². The molecule has 0 saturated carbocycles. The molecule has 4 saturated heterocycles. The van der Waals surface area contributed by atoms with Crippen LogP contribution in [0.5, 0.6) is 0 Å². The molecule has 0 radical (unpaired) electrons. The number of aliphatic hydroxyl groups excluding tert-OH is 4. The Kier molecular flexibility index (Phi) is 21.3. The van der Waals surface area contributed by atoms with Crippen LogP contribution < -0.4 is 0 Å². The van der Waals surface area contributed by atoms with Crippen LogP contribution in [0.15, 0.2) is 0 Å². The Morgan fingerprint density at radius 3 is 2.16 bits per heavy atom. The smallest absolute Gasteiger partial charge is 0.311 e. The van der Waals surface area contributed by atoms with Gasteiger partial charge in [-0.2, -0.15) is 0 Å². The molecule has 22 atom stereocenters. The Morgan fingerprint density at radius 1 is 0.926 bits per heavy atom. The van der Waals surface area contributed by atoms with E-state index in [2.05, 4.69) is 11.8 Å². The second-order valence-corrected chi connectivity index (χ2v) is 22.7. The maximum Gasteiger partial charge on any atom is 0.311 e. The number of esters is 1. The summed E-state index contributed by atoms with van der Waals surface area (Å²) in [6, 6.07) is -1.30. The first kappa shape index (κ1) is 59.1. The van der Waals surface area contributed by atoms with E-state index in [0.29, 0.717) is 25.4 Å². The summed E-state index contributed by atoms with van der Waals surface area (Å²) in [5.41, 5.74) is -4.57. The van der Waals surface area contributed by atoms with E-state index >= 15 is 0 Å². The molecule has 17 heteroatoms. The lowest BCUT2D eigenvalue weighted by Crippen LogP contribution is -2.61. The van der Waals surface area contributed by atoms with Gasteiger partial charge in [0.25, 0.3) is 0 Å². The van der Waals surface area contributed by atoms with Crippen LogP contribution >= 0.6 is 0 Å². The number of cyclic esters (lactones) is 1. The standard InChI is InChI=1S/C51H95N3O14/c1-17-19-35-21-37(53(14)26-35)39(56)22-36(33(8)55)27-54(15)38-20-29(4)64-48(42(38)57)68-46-30(5)43(67-41-24-50(11,63-16)45(59)34(9)65-41)31(6)47(60)66-40(18-2)51(12,62)44(58)32(7)52(13)25-28(3)23-49(46,10)61/h28-38,40-46,48,55,57-59,61-62H,17-27H2,1-16H3/t28-,29-,30+,31-,32-,33+,34+,35-,36+,37+,38+,40-,41+,42-,43+,44+,45+,46-,48+,49-,50-,51-/m1/s1. The Labute approximate surface area is 408 Å². The van der Waals surface area contributed by atoms with E-state index in [-0.39, 0.29) is 43.4 Å². The molecule has 4 fully saturated rings. The third kappa shape index (κ3) is 14.0. The van der Waals surface area contributed by atoms with Crippen LogP contribution in [0.1, 0.15) is 134 Å². The number of Topliss-reactive ketones (excluding diaryl/α,β-unsaturated/α-hetero) is 1. The molecule has 0 aliphatic carbocycles. The quantitative estimate of drug-likeness (QED) is 0.130. The average Bonchev–Trinajstić information content (AvgIpc) is 3.63. The van der Waals surface area contributed by atoms with E-state index in [9.17, 15) is 40.2 Å². The molecule has 68 heavy (non-hydrogen) atoms. The van der Waals surface area contributed by atoms with Crippen molar-refractivity contribution in [3.05, 3.63) is 0 Å². The minimum absolute atomic E-state index is 0.0907. The predicted octanol–water partition coefficient (Wildman–Crippen LogP) is 3.35. The fourth-order valence-electron chi connectivity index (χ4n) is 12.0. The zero-order valence-corrected chi connectivity index (χ0v) is 44.5. The summed E-state index contributed by atoms with van der Waals surface area (Å²) in [6.07, 6.45) is -7.07. The molecule has 0 aromatic rings. The van der Waals surface area contributed by atoms with Gasteiger partial charge in [-0.1, -0.05) is 34.1 Å². The van der Waals surface area contributed by atoms with E-state index in [1.807, 2.05) is 44.8 Å². The van der Waals surface area contributed by atoms with Gasteiger partial charge in [-0.25, -0.2) is 0 Å². The lowest BCUT2D eigenvalue weighted by molar-refractivity contribution is -0.318. The van der Waals surface area contributed by atoms with Gasteiger partial charge in [0.2, 0.25) is 0 Å². The van der Waals surface area contributed by atoms with E-state index in [1.54, 1.807) is 55.4 Å². The molecular formula is C51H95N3O14. The second kappa shape index (κ2) is 24.5. The topological polar surface area (TPSA) is 221 Å². The van der Waals surface area contributed by atoms with Crippen molar-refractivity contribution in [3.8, 4) is 0 Å². The summed E-state index contributed by atoms with van der Waals surface area (Å²) >= 11 is 0. The number of carbonyl (C=O) groups is 2. The number of hydrogen-bond acceptors (Lipinski definition) is 17. The van der Waals surface area contributed by atoms with Crippen LogP contribution in [0, 0.1) is 29.6 Å². The van der Waals surface area contributed by atoms with Gasteiger partial charge in [0, 0.05) is 63.5 Å². The highest BCUT2D eigenvalue weighted by Gasteiger charge is 2.53. The maximum atomic E-state index is 14.5. The summed E-state index contributed by atoms with van der Waals surface area (Å²) in [6.45, 7) is 22.9. The average molecular weight is 974 g/mol. The van der Waals surface area contributed by atoms with E-state index in [4.69, 9.17) is 28.4 Å². The van der Waals surface area contributed by atoms with Crippen LogP contribution in [0.2, 0.25) is 0 Å². The Hall–Kier alpha value is -1.42. The number of likely N-dealkylation sites (N-methyl/N-ethyl adjacent to an activating group) is 3. The molecule has 398 valence electrons. The first-order chi connectivity index (χ1) is 31.5. The van der Waals surface area contributed by atoms with Crippen molar-refractivity contribution in [3.63, 3.8) is 0 Å². The number of nitrogens with zero attached hydrogens (tertiary/aromatic N) is 3. The first-order valence-corrected chi connectivity index (χ1v) is 25.7. The zero-order chi connectivity index (χ0) is 51.4. The number of methoxy groups -OCH3 is 1. The minimum atomic E-state index is -1.84. The van der Waals surface area contributed by atoms with Gasteiger partial charge in [-0.15, -0.1) is 0 Å². The molecule has 17 nitrogen and oxygen atoms in total. The molecule has 0 aromatic heterocycles. The van der Waals surface area contributed by atoms with Gasteiger partial charge in [0.05, 0.1) is 53.7 Å². The highest BCUT2D eigenvalue weighted by Crippen LogP contribution is 2.41. The maximum absolute atomic E-state index is 14.5. The molecule has 6 N–H and O–H groups in total. The van der Waals surface area contributed by atoms with Crippen LogP contribution in [-0.4, -0.2) is 207 Å².